The highest BCUT2D eigenvalue weighted by Crippen LogP contribution is 2.56. The number of rotatable bonds is 8. The molecular formula is C25H38O8. The van der Waals surface area contributed by atoms with E-state index >= 15 is 0 Å². The van der Waals surface area contributed by atoms with Gasteiger partial charge < -0.3 is 18.9 Å². The molecule has 1 fully saturated rings. The first-order valence-corrected chi connectivity index (χ1v) is 11.8. The van der Waals surface area contributed by atoms with Crippen molar-refractivity contribution >= 4 is 23.9 Å². The molecule has 4 unspecified atom stereocenters. The molecule has 0 saturated heterocycles. The van der Waals surface area contributed by atoms with Crippen LogP contribution in [-0.4, -0.2) is 48.3 Å². The van der Waals surface area contributed by atoms with Crippen LogP contribution in [0.15, 0.2) is 11.6 Å². The predicted molar refractivity (Wildman–Crippen MR) is 120 cm³/mol. The van der Waals surface area contributed by atoms with Crippen LogP contribution < -0.4 is 0 Å². The summed E-state index contributed by atoms with van der Waals surface area (Å²) in [5.41, 5.74) is 0.749. The van der Waals surface area contributed by atoms with Gasteiger partial charge in [-0.15, -0.1) is 0 Å². The quantitative estimate of drug-likeness (QED) is 0.304. The summed E-state index contributed by atoms with van der Waals surface area (Å²) in [6, 6.07) is 0. The molecule has 0 spiro atoms. The van der Waals surface area contributed by atoms with Crippen LogP contribution in [0.5, 0.6) is 0 Å². The average Bonchev–Trinajstić information content (AvgIpc) is 2.64. The molecule has 0 radical (unpaired) electrons. The normalized spacial score (nSPS) is 28.7. The van der Waals surface area contributed by atoms with E-state index in [2.05, 4.69) is 0 Å². The van der Waals surface area contributed by atoms with Crippen LogP contribution in [0.1, 0.15) is 62.3 Å². The van der Waals surface area contributed by atoms with Crippen molar-refractivity contribution in [3.05, 3.63) is 11.6 Å². The molecule has 186 valence electrons. The van der Waals surface area contributed by atoms with Crippen molar-refractivity contribution in [3.63, 3.8) is 0 Å². The fraction of sp³-hybridized carbons (Fsp3) is 0.760. The van der Waals surface area contributed by atoms with E-state index in [1.165, 1.54) is 0 Å². The smallest absolute Gasteiger partial charge is 0.310 e. The van der Waals surface area contributed by atoms with Gasteiger partial charge >= 0.3 is 23.9 Å². The van der Waals surface area contributed by atoms with Gasteiger partial charge in [0, 0.05) is 11.8 Å². The minimum absolute atomic E-state index is 0.410. The van der Waals surface area contributed by atoms with E-state index in [-0.39, 0.29) is 0 Å². The number of esters is 4. The van der Waals surface area contributed by atoms with E-state index in [9.17, 15) is 19.2 Å². The summed E-state index contributed by atoms with van der Waals surface area (Å²) in [4.78, 5) is 53.0. The Morgan fingerprint density at radius 2 is 0.848 bits per heavy atom. The second-order valence-corrected chi connectivity index (χ2v) is 10.1. The predicted octanol–water partition coefficient (Wildman–Crippen LogP) is 3.46. The summed E-state index contributed by atoms with van der Waals surface area (Å²) in [5.74, 6) is -7.75. The standard InChI is InChI=1S/C25H38O8/c1-11(2)30-22(26)18-16-10-15(9)17(20(18)24(28)32-13(5)6)21(25(29)33-14(7)8)19(16)23(27)31-12(3)4/h10-14,16-21H,1-9H3. The number of hydrogen-bond donors (Lipinski definition) is 0. The van der Waals surface area contributed by atoms with Crippen LogP contribution in [0.25, 0.3) is 0 Å². The van der Waals surface area contributed by atoms with Gasteiger partial charge in [0.15, 0.2) is 0 Å². The second kappa shape index (κ2) is 10.7. The van der Waals surface area contributed by atoms with Crippen molar-refractivity contribution < 1.29 is 38.1 Å². The Kier molecular flexibility index (Phi) is 8.71. The van der Waals surface area contributed by atoms with Crippen molar-refractivity contribution in [2.45, 2.75) is 86.7 Å². The van der Waals surface area contributed by atoms with Gasteiger partial charge in [-0.25, -0.2) is 0 Å². The van der Waals surface area contributed by atoms with Gasteiger partial charge in [0.2, 0.25) is 0 Å². The maximum atomic E-state index is 13.3. The van der Waals surface area contributed by atoms with Gasteiger partial charge in [0.05, 0.1) is 48.1 Å². The molecule has 0 aromatic carbocycles. The van der Waals surface area contributed by atoms with Gasteiger partial charge in [-0.3, -0.25) is 19.2 Å². The summed E-state index contributed by atoms with van der Waals surface area (Å²) < 4.78 is 22.0. The number of ether oxygens (including phenoxy) is 4. The molecule has 0 heterocycles. The Morgan fingerprint density at radius 3 is 1.12 bits per heavy atom. The minimum atomic E-state index is -0.972. The van der Waals surface area contributed by atoms with Crippen LogP contribution in [0.3, 0.4) is 0 Å². The molecule has 3 rings (SSSR count). The van der Waals surface area contributed by atoms with Crippen LogP contribution in [0, 0.1) is 35.5 Å². The molecule has 8 heteroatoms. The molecule has 33 heavy (non-hydrogen) atoms. The molecule has 0 amide bonds. The lowest BCUT2D eigenvalue weighted by Crippen LogP contribution is -2.60. The number of fused-ring (bicyclic) bond motifs is 2. The maximum absolute atomic E-state index is 13.3. The second-order valence-electron chi connectivity index (χ2n) is 10.1. The zero-order valence-corrected chi connectivity index (χ0v) is 21.1. The lowest BCUT2D eigenvalue weighted by atomic mass is 9.50. The Balaban J connectivity index is 2.65. The minimum Gasteiger partial charge on any atom is -0.463 e. The van der Waals surface area contributed by atoms with Crippen molar-refractivity contribution in [1.29, 1.82) is 0 Å². The molecule has 0 N–H and O–H groups in total. The molecule has 8 nitrogen and oxygen atoms in total. The lowest BCUT2D eigenvalue weighted by Gasteiger charge is -2.51. The van der Waals surface area contributed by atoms with E-state index in [1.807, 2.05) is 6.08 Å². The van der Waals surface area contributed by atoms with Crippen molar-refractivity contribution in [3.8, 4) is 0 Å². The molecule has 0 aliphatic heterocycles. The molecule has 2 bridgehead atoms. The Bertz CT molecular complexity index is 738. The Labute approximate surface area is 196 Å². The number of hydrogen-bond acceptors (Lipinski definition) is 8. The molecule has 3 aliphatic rings. The van der Waals surface area contributed by atoms with Crippen LogP contribution >= 0.6 is 0 Å². The van der Waals surface area contributed by atoms with E-state index in [0.29, 0.717) is 0 Å². The highest BCUT2D eigenvalue weighted by molar-refractivity contribution is 5.90. The maximum Gasteiger partial charge on any atom is 0.310 e. The van der Waals surface area contributed by atoms with E-state index in [0.717, 1.165) is 5.57 Å². The van der Waals surface area contributed by atoms with Gasteiger partial charge in [-0.1, -0.05) is 11.6 Å². The lowest BCUT2D eigenvalue weighted by molar-refractivity contribution is -0.191. The van der Waals surface area contributed by atoms with Crippen LogP contribution in [-0.2, 0) is 38.1 Å². The summed E-state index contributed by atoms with van der Waals surface area (Å²) in [6.45, 7) is 15.5. The number of carbonyl (C=O) groups is 4. The Morgan fingerprint density at radius 1 is 0.576 bits per heavy atom. The molecular weight excluding hydrogens is 428 g/mol. The number of carbonyl (C=O) groups excluding carboxylic acids is 4. The molecule has 3 aliphatic carbocycles. The average molecular weight is 467 g/mol. The van der Waals surface area contributed by atoms with Crippen molar-refractivity contribution in [1.82, 2.24) is 0 Å². The fourth-order valence-electron chi connectivity index (χ4n) is 5.00. The molecule has 1 saturated carbocycles. The fourth-order valence-corrected chi connectivity index (χ4v) is 5.00. The van der Waals surface area contributed by atoms with Gasteiger partial charge in [-0.2, -0.15) is 0 Å². The highest BCUT2D eigenvalue weighted by Gasteiger charge is 2.64. The third-order valence-corrected chi connectivity index (χ3v) is 5.85. The van der Waals surface area contributed by atoms with Gasteiger partial charge in [-0.05, 0) is 62.3 Å². The summed E-state index contributed by atoms with van der Waals surface area (Å²) >= 11 is 0. The van der Waals surface area contributed by atoms with E-state index in [1.54, 1.807) is 62.3 Å². The monoisotopic (exact) mass is 466 g/mol. The summed E-state index contributed by atoms with van der Waals surface area (Å²) in [7, 11) is 0. The zero-order chi connectivity index (χ0) is 25.2. The van der Waals surface area contributed by atoms with E-state index in [4.69, 9.17) is 18.9 Å². The van der Waals surface area contributed by atoms with Crippen molar-refractivity contribution in [2.24, 2.45) is 35.5 Å². The topological polar surface area (TPSA) is 105 Å². The summed E-state index contributed by atoms with van der Waals surface area (Å²) in [6.07, 6.45) is 0.167. The van der Waals surface area contributed by atoms with Crippen molar-refractivity contribution in [2.75, 3.05) is 0 Å². The largest absolute Gasteiger partial charge is 0.463 e. The van der Waals surface area contributed by atoms with Gasteiger partial charge in [0.1, 0.15) is 0 Å². The third-order valence-electron chi connectivity index (χ3n) is 5.85. The SMILES string of the molecule is CC1=CC2C(C(=O)OC(C)C)C(C(=O)OC(C)C)C1C(C(=O)OC(C)C)C2C(=O)OC(C)C. The number of allylic oxidation sites excluding steroid dienone is 2. The first kappa shape index (κ1) is 26.9. The van der Waals surface area contributed by atoms with Gasteiger partial charge in [0.25, 0.3) is 0 Å². The first-order valence-electron chi connectivity index (χ1n) is 11.8. The third kappa shape index (κ3) is 5.95. The van der Waals surface area contributed by atoms with Crippen LogP contribution in [0.4, 0.5) is 0 Å². The van der Waals surface area contributed by atoms with Crippen LogP contribution in [0.2, 0.25) is 0 Å². The summed E-state index contributed by atoms with van der Waals surface area (Å²) in [5, 5.41) is 0. The van der Waals surface area contributed by atoms with E-state index < -0.39 is 83.8 Å². The first-order chi connectivity index (χ1) is 15.3. The molecule has 0 aromatic heterocycles. The zero-order valence-electron chi connectivity index (χ0n) is 21.1. The highest BCUT2D eigenvalue weighted by atomic mass is 16.6. The Hall–Kier alpha value is -2.38. The molecule has 0 aromatic rings. The molecule has 4 atom stereocenters.